The molecule has 88 valence electrons. The third kappa shape index (κ3) is 4.71. The number of ether oxygens (including phenoxy) is 1. The van der Waals surface area contributed by atoms with Crippen LogP contribution in [0.15, 0.2) is 30.3 Å². The van der Waals surface area contributed by atoms with E-state index in [0.717, 1.165) is 5.56 Å². The molecule has 0 N–H and O–H groups in total. The van der Waals surface area contributed by atoms with Gasteiger partial charge in [-0.15, -0.1) is 8.58 Å². The van der Waals surface area contributed by atoms with Gasteiger partial charge in [-0.3, -0.25) is 9.18 Å². The summed E-state index contributed by atoms with van der Waals surface area (Å²) in [5.41, 5.74) is 0.774. The van der Waals surface area contributed by atoms with Crippen molar-refractivity contribution < 1.29 is 13.9 Å². The van der Waals surface area contributed by atoms with Gasteiger partial charge in [-0.2, -0.15) is 0 Å². The molecule has 0 aliphatic carbocycles. The Morgan fingerprint density at radius 2 is 2.12 bits per heavy atom. The van der Waals surface area contributed by atoms with Crippen LogP contribution in [0.3, 0.4) is 0 Å². The van der Waals surface area contributed by atoms with Gasteiger partial charge in [0.1, 0.15) is 6.61 Å². The fourth-order valence-electron chi connectivity index (χ4n) is 1.21. The van der Waals surface area contributed by atoms with Crippen molar-refractivity contribution in [2.24, 2.45) is 0 Å². The summed E-state index contributed by atoms with van der Waals surface area (Å²) in [6.45, 7) is 1.71. The SMILES string of the molecule is CC(PCCF)C(=O)OCc1ccccc1. The lowest BCUT2D eigenvalue weighted by Crippen LogP contribution is -2.16. The lowest BCUT2D eigenvalue weighted by Gasteiger charge is -2.10. The quantitative estimate of drug-likeness (QED) is 0.566. The minimum absolute atomic E-state index is 0.195. The van der Waals surface area contributed by atoms with Gasteiger partial charge in [0.05, 0.1) is 12.3 Å². The molecule has 2 nitrogen and oxygen atoms in total. The fraction of sp³-hybridized carbons (Fsp3) is 0.417. The van der Waals surface area contributed by atoms with Crippen LogP contribution in [-0.4, -0.2) is 24.5 Å². The summed E-state index contributed by atoms with van der Waals surface area (Å²) in [6.07, 6.45) is 0.446. The van der Waals surface area contributed by atoms with E-state index in [-0.39, 0.29) is 18.3 Å². The van der Waals surface area contributed by atoms with Gasteiger partial charge < -0.3 is 4.74 Å². The number of carbonyl (C=O) groups is 1. The molecule has 0 aliphatic heterocycles. The van der Waals surface area contributed by atoms with E-state index in [2.05, 4.69) is 0 Å². The first-order valence-electron chi connectivity index (χ1n) is 5.24. The highest BCUT2D eigenvalue weighted by atomic mass is 31.1. The third-order valence-corrected chi connectivity index (χ3v) is 3.45. The van der Waals surface area contributed by atoms with E-state index in [1.54, 1.807) is 6.92 Å². The van der Waals surface area contributed by atoms with Crippen molar-refractivity contribution in [2.45, 2.75) is 19.2 Å². The molecule has 0 aromatic heterocycles. The monoisotopic (exact) mass is 242 g/mol. The van der Waals surface area contributed by atoms with Crippen molar-refractivity contribution in [3.8, 4) is 0 Å². The average Bonchev–Trinajstić information content (AvgIpc) is 2.34. The van der Waals surface area contributed by atoms with Crippen LogP contribution >= 0.6 is 8.58 Å². The van der Waals surface area contributed by atoms with Crippen LogP contribution in [-0.2, 0) is 16.1 Å². The van der Waals surface area contributed by atoms with Gasteiger partial charge in [-0.1, -0.05) is 30.3 Å². The van der Waals surface area contributed by atoms with Crippen molar-refractivity contribution in [1.82, 2.24) is 0 Å². The second kappa shape index (κ2) is 7.34. The predicted octanol–water partition coefficient (Wildman–Crippen LogP) is 2.77. The van der Waals surface area contributed by atoms with Gasteiger partial charge in [0.25, 0.3) is 0 Å². The maximum atomic E-state index is 11.9. The molecule has 0 radical (unpaired) electrons. The topological polar surface area (TPSA) is 26.3 Å². The molecule has 0 spiro atoms. The molecule has 2 atom stereocenters. The van der Waals surface area contributed by atoms with Gasteiger partial charge in [0, 0.05) is 0 Å². The molecule has 1 aromatic rings. The number of hydrogen-bond acceptors (Lipinski definition) is 2. The predicted molar refractivity (Wildman–Crippen MR) is 64.9 cm³/mol. The van der Waals surface area contributed by atoms with Crippen LogP contribution in [0.2, 0.25) is 0 Å². The Bertz CT molecular complexity index is 316. The molecule has 1 rings (SSSR count). The summed E-state index contributed by atoms with van der Waals surface area (Å²) in [7, 11) is 0.304. The summed E-state index contributed by atoms with van der Waals surface area (Å²) < 4.78 is 17.1. The largest absolute Gasteiger partial charge is 0.460 e. The van der Waals surface area contributed by atoms with Gasteiger partial charge in [0.2, 0.25) is 0 Å². The number of alkyl halides is 1. The van der Waals surface area contributed by atoms with Gasteiger partial charge in [0.15, 0.2) is 0 Å². The van der Waals surface area contributed by atoms with E-state index >= 15 is 0 Å². The Morgan fingerprint density at radius 3 is 2.75 bits per heavy atom. The highest BCUT2D eigenvalue weighted by Crippen LogP contribution is 2.19. The van der Waals surface area contributed by atoms with Crippen LogP contribution in [0.4, 0.5) is 4.39 Å². The zero-order valence-electron chi connectivity index (χ0n) is 9.28. The molecular weight excluding hydrogens is 226 g/mol. The average molecular weight is 242 g/mol. The zero-order chi connectivity index (χ0) is 11.8. The summed E-state index contributed by atoms with van der Waals surface area (Å²) in [4.78, 5) is 11.5. The fourth-order valence-corrected chi connectivity index (χ4v) is 2.00. The molecule has 16 heavy (non-hydrogen) atoms. The first-order chi connectivity index (χ1) is 7.74. The smallest absolute Gasteiger partial charge is 0.313 e. The van der Waals surface area contributed by atoms with E-state index in [1.807, 2.05) is 30.3 Å². The number of rotatable bonds is 6. The standard InChI is InChI=1S/C12H16FO2P/c1-10(16-8-7-13)12(14)15-9-11-5-3-2-4-6-11/h2-6,10,16H,7-9H2,1H3. The molecule has 0 amide bonds. The molecule has 1 aromatic carbocycles. The van der Waals surface area contributed by atoms with Gasteiger partial charge >= 0.3 is 5.97 Å². The minimum Gasteiger partial charge on any atom is -0.460 e. The van der Waals surface area contributed by atoms with Gasteiger partial charge in [-0.05, 0) is 18.6 Å². The van der Waals surface area contributed by atoms with E-state index in [4.69, 9.17) is 4.74 Å². The number of esters is 1. The van der Waals surface area contributed by atoms with Crippen molar-refractivity contribution in [3.63, 3.8) is 0 Å². The highest BCUT2D eigenvalue weighted by Gasteiger charge is 2.13. The maximum Gasteiger partial charge on any atom is 0.313 e. The van der Waals surface area contributed by atoms with Crippen molar-refractivity contribution in [1.29, 1.82) is 0 Å². The van der Waals surface area contributed by atoms with E-state index in [9.17, 15) is 9.18 Å². The number of hydrogen-bond donors (Lipinski definition) is 0. The molecule has 0 bridgehead atoms. The zero-order valence-corrected chi connectivity index (χ0v) is 10.3. The third-order valence-electron chi connectivity index (χ3n) is 2.12. The van der Waals surface area contributed by atoms with Crippen molar-refractivity contribution in [2.75, 3.05) is 12.8 Å². The first kappa shape index (κ1) is 13.1. The summed E-state index contributed by atoms with van der Waals surface area (Å²) in [6, 6.07) is 9.52. The Balaban J connectivity index is 2.29. The van der Waals surface area contributed by atoms with E-state index in [1.165, 1.54) is 0 Å². The summed E-state index contributed by atoms with van der Waals surface area (Å²) >= 11 is 0. The number of benzene rings is 1. The van der Waals surface area contributed by atoms with Crippen LogP contribution in [0.1, 0.15) is 12.5 Å². The second-order valence-corrected chi connectivity index (χ2v) is 5.23. The second-order valence-electron chi connectivity index (χ2n) is 3.46. The number of halogens is 1. The molecule has 0 fully saturated rings. The van der Waals surface area contributed by atoms with Crippen molar-refractivity contribution >= 4 is 14.6 Å². The number of carbonyl (C=O) groups excluding carboxylic acids is 1. The first-order valence-corrected chi connectivity index (χ1v) is 6.52. The maximum absolute atomic E-state index is 11.9. The highest BCUT2D eigenvalue weighted by molar-refractivity contribution is 7.40. The molecule has 4 heteroatoms. The Kier molecular flexibility index (Phi) is 6.02. The lowest BCUT2D eigenvalue weighted by atomic mass is 10.2. The van der Waals surface area contributed by atoms with Crippen LogP contribution < -0.4 is 0 Å². The summed E-state index contributed by atoms with van der Waals surface area (Å²) in [5.74, 6) is -0.240. The van der Waals surface area contributed by atoms with Gasteiger partial charge in [-0.25, -0.2) is 0 Å². The molecular formula is C12H16FO2P. The Labute approximate surface area is 97.0 Å². The molecule has 0 saturated carbocycles. The van der Waals surface area contributed by atoms with Crippen LogP contribution in [0.5, 0.6) is 0 Å². The van der Waals surface area contributed by atoms with Crippen LogP contribution in [0.25, 0.3) is 0 Å². The Hall–Kier alpha value is -0.950. The van der Waals surface area contributed by atoms with Crippen molar-refractivity contribution in [3.05, 3.63) is 35.9 Å². The Morgan fingerprint density at radius 1 is 1.44 bits per heavy atom. The molecule has 2 unspecified atom stereocenters. The summed E-state index contributed by atoms with van der Waals surface area (Å²) in [5, 5.41) is 0. The normalized spacial score (nSPS) is 12.9. The molecule has 0 aliphatic rings. The van der Waals surface area contributed by atoms with E-state index in [0.29, 0.717) is 21.3 Å². The molecule has 0 heterocycles. The van der Waals surface area contributed by atoms with E-state index < -0.39 is 0 Å². The minimum atomic E-state index is -0.366. The lowest BCUT2D eigenvalue weighted by molar-refractivity contribution is -0.144. The van der Waals surface area contributed by atoms with Crippen LogP contribution in [0, 0.1) is 0 Å². The molecule has 0 saturated heterocycles.